The van der Waals surface area contributed by atoms with Crippen LogP contribution in [0.25, 0.3) is 0 Å². The van der Waals surface area contributed by atoms with Crippen molar-refractivity contribution in [2.24, 2.45) is 0 Å². The van der Waals surface area contributed by atoms with E-state index in [1.165, 1.54) is 0 Å². The summed E-state index contributed by atoms with van der Waals surface area (Å²) < 4.78 is 1.87. The van der Waals surface area contributed by atoms with E-state index in [2.05, 4.69) is 17.2 Å². The summed E-state index contributed by atoms with van der Waals surface area (Å²) in [6, 6.07) is 2.05. The molecule has 1 rings (SSSR count). The van der Waals surface area contributed by atoms with Crippen LogP contribution in [0.5, 0.6) is 0 Å². The predicted molar refractivity (Wildman–Crippen MR) is 50.1 cm³/mol. The molecular formula is C9H14N4. The zero-order chi connectivity index (χ0) is 9.52. The molecule has 0 aliphatic rings. The second-order valence-electron chi connectivity index (χ2n) is 2.76. The van der Waals surface area contributed by atoms with E-state index in [-0.39, 0.29) is 0 Å². The van der Waals surface area contributed by atoms with Gasteiger partial charge in [-0.3, -0.25) is 0 Å². The Morgan fingerprint density at radius 3 is 3.23 bits per heavy atom. The molecule has 0 unspecified atom stereocenters. The Hall–Kier alpha value is -1.34. The van der Waals surface area contributed by atoms with Gasteiger partial charge in [0.15, 0.2) is 0 Å². The average Bonchev–Trinajstić information content (AvgIpc) is 2.60. The van der Waals surface area contributed by atoms with Crippen LogP contribution in [0.4, 0.5) is 0 Å². The third-order valence-electron chi connectivity index (χ3n) is 1.82. The smallest absolute Gasteiger partial charge is 0.212 e. The van der Waals surface area contributed by atoms with Crippen LogP contribution in [0.2, 0.25) is 0 Å². The molecule has 0 bridgehead atoms. The highest BCUT2D eigenvalue weighted by molar-refractivity contribution is 5.10. The van der Waals surface area contributed by atoms with Crippen LogP contribution in [0.1, 0.15) is 19.2 Å². The van der Waals surface area contributed by atoms with Gasteiger partial charge in [-0.1, -0.05) is 6.92 Å². The van der Waals surface area contributed by atoms with Crippen molar-refractivity contribution < 1.29 is 0 Å². The Balaban J connectivity index is 2.33. The molecule has 1 aromatic heterocycles. The number of nitriles is 1. The summed E-state index contributed by atoms with van der Waals surface area (Å²) in [5, 5.41) is 11.9. The number of imidazole rings is 1. The fraction of sp³-hybridized carbons (Fsp3) is 0.556. The SMILES string of the molecule is CCNCCCn1ccnc1C#N. The molecule has 0 amide bonds. The van der Waals surface area contributed by atoms with Crippen molar-refractivity contribution in [3.63, 3.8) is 0 Å². The summed E-state index contributed by atoms with van der Waals surface area (Å²) in [6.45, 7) is 4.92. The van der Waals surface area contributed by atoms with Crippen molar-refractivity contribution in [2.45, 2.75) is 19.9 Å². The van der Waals surface area contributed by atoms with Gasteiger partial charge < -0.3 is 9.88 Å². The first-order valence-electron chi connectivity index (χ1n) is 4.50. The van der Waals surface area contributed by atoms with Gasteiger partial charge in [-0.25, -0.2) is 4.98 Å². The van der Waals surface area contributed by atoms with Gasteiger partial charge in [0.25, 0.3) is 0 Å². The molecule has 1 aromatic rings. The first-order chi connectivity index (χ1) is 6.38. The van der Waals surface area contributed by atoms with Gasteiger partial charge in [-0.2, -0.15) is 5.26 Å². The first-order valence-corrected chi connectivity index (χ1v) is 4.50. The van der Waals surface area contributed by atoms with Gasteiger partial charge in [0.2, 0.25) is 5.82 Å². The largest absolute Gasteiger partial charge is 0.323 e. The predicted octanol–water partition coefficient (Wildman–Crippen LogP) is 0.754. The van der Waals surface area contributed by atoms with E-state index in [0.717, 1.165) is 26.1 Å². The van der Waals surface area contributed by atoms with Crippen molar-refractivity contribution >= 4 is 0 Å². The highest BCUT2D eigenvalue weighted by atomic mass is 15.1. The molecule has 70 valence electrons. The minimum atomic E-state index is 0.497. The molecule has 1 heterocycles. The molecule has 0 aromatic carbocycles. The van der Waals surface area contributed by atoms with E-state index < -0.39 is 0 Å². The lowest BCUT2D eigenvalue weighted by atomic mass is 10.4. The molecule has 4 nitrogen and oxygen atoms in total. The van der Waals surface area contributed by atoms with E-state index in [9.17, 15) is 0 Å². The Bertz CT molecular complexity index is 284. The van der Waals surface area contributed by atoms with E-state index in [1.54, 1.807) is 6.20 Å². The number of hydrogen-bond donors (Lipinski definition) is 1. The molecule has 0 atom stereocenters. The van der Waals surface area contributed by atoms with Crippen molar-refractivity contribution in [3.05, 3.63) is 18.2 Å². The molecule has 0 saturated carbocycles. The third kappa shape index (κ3) is 2.88. The maximum Gasteiger partial charge on any atom is 0.212 e. The fourth-order valence-corrected chi connectivity index (χ4v) is 1.15. The lowest BCUT2D eigenvalue weighted by Gasteiger charge is -2.03. The monoisotopic (exact) mass is 178 g/mol. The van der Waals surface area contributed by atoms with E-state index >= 15 is 0 Å². The summed E-state index contributed by atoms with van der Waals surface area (Å²) >= 11 is 0. The number of rotatable bonds is 5. The van der Waals surface area contributed by atoms with Crippen LogP contribution < -0.4 is 5.32 Å². The minimum Gasteiger partial charge on any atom is -0.323 e. The number of nitrogens with one attached hydrogen (secondary N) is 1. The molecule has 0 spiro atoms. The summed E-state index contributed by atoms with van der Waals surface area (Å²) in [5.74, 6) is 0.497. The second-order valence-corrected chi connectivity index (χ2v) is 2.76. The van der Waals surface area contributed by atoms with E-state index in [1.807, 2.05) is 16.8 Å². The highest BCUT2D eigenvalue weighted by Gasteiger charge is 1.98. The number of hydrogen-bond acceptors (Lipinski definition) is 3. The Morgan fingerprint density at radius 2 is 2.54 bits per heavy atom. The number of nitrogens with zero attached hydrogens (tertiary/aromatic N) is 3. The Morgan fingerprint density at radius 1 is 1.69 bits per heavy atom. The summed E-state index contributed by atoms with van der Waals surface area (Å²) in [6.07, 6.45) is 4.52. The van der Waals surface area contributed by atoms with Crippen LogP contribution >= 0.6 is 0 Å². The van der Waals surface area contributed by atoms with Crippen LogP contribution in [-0.2, 0) is 6.54 Å². The van der Waals surface area contributed by atoms with Gasteiger partial charge >= 0.3 is 0 Å². The molecule has 1 N–H and O–H groups in total. The molecular weight excluding hydrogens is 164 g/mol. The van der Waals surface area contributed by atoms with E-state index in [4.69, 9.17) is 5.26 Å². The molecule has 0 saturated heterocycles. The lowest BCUT2D eigenvalue weighted by Crippen LogP contribution is -2.16. The lowest BCUT2D eigenvalue weighted by molar-refractivity contribution is 0.588. The summed E-state index contributed by atoms with van der Waals surface area (Å²) in [4.78, 5) is 3.92. The molecule has 0 aliphatic carbocycles. The average molecular weight is 178 g/mol. The third-order valence-corrected chi connectivity index (χ3v) is 1.82. The van der Waals surface area contributed by atoms with Gasteiger partial charge in [-0.05, 0) is 19.5 Å². The maximum atomic E-state index is 8.66. The number of aryl methyl sites for hydroxylation is 1. The summed E-state index contributed by atoms with van der Waals surface area (Å²) in [5.41, 5.74) is 0. The molecule has 4 heteroatoms. The molecule has 13 heavy (non-hydrogen) atoms. The van der Waals surface area contributed by atoms with E-state index in [0.29, 0.717) is 5.82 Å². The fourth-order valence-electron chi connectivity index (χ4n) is 1.15. The van der Waals surface area contributed by atoms with Crippen molar-refractivity contribution in [2.75, 3.05) is 13.1 Å². The normalized spacial score (nSPS) is 9.85. The zero-order valence-corrected chi connectivity index (χ0v) is 7.82. The van der Waals surface area contributed by atoms with Gasteiger partial charge in [0, 0.05) is 18.9 Å². The first kappa shape index (κ1) is 9.75. The summed E-state index contributed by atoms with van der Waals surface area (Å²) in [7, 11) is 0. The van der Waals surface area contributed by atoms with Gasteiger partial charge in [0.05, 0.1) is 0 Å². The number of aromatic nitrogens is 2. The second kappa shape index (κ2) is 5.33. The van der Waals surface area contributed by atoms with Crippen molar-refractivity contribution in [3.8, 4) is 6.07 Å². The van der Waals surface area contributed by atoms with Crippen LogP contribution in [0.3, 0.4) is 0 Å². The zero-order valence-electron chi connectivity index (χ0n) is 7.82. The molecule has 0 aliphatic heterocycles. The van der Waals surface area contributed by atoms with Crippen molar-refractivity contribution in [1.29, 1.82) is 5.26 Å². The van der Waals surface area contributed by atoms with Crippen LogP contribution in [0.15, 0.2) is 12.4 Å². The molecule has 0 fully saturated rings. The topological polar surface area (TPSA) is 53.6 Å². The Kier molecular flexibility index (Phi) is 4.00. The maximum absolute atomic E-state index is 8.66. The van der Waals surface area contributed by atoms with Crippen molar-refractivity contribution in [1.82, 2.24) is 14.9 Å². The van der Waals surface area contributed by atoms with Gasteiger partial charge in [0.1, 0.15) is 6.07 Å². The quantitative estimate of drug-likeness (QED) is 0.677. The van der Waals surface area contributed by atoms with Crippen LogP contribution in [0, 0.1) is 11.3 Å². The standard InChI is InChI=1S/C9H14N4/c1-2-11-4-3-6-13-7-5-12-9(13)8-10/h5,7,11H,2-4,6H2,1H3. The molecule has 0 radical (unpaired) electrons. The minimum absolute atomic E-state index is 0.497. The van der Waals surface area contributed by atoms with Crippen LogP contribution in [-0.4, -0.2) is 22.6 Å². The van der Waals surface area contributed by atoms with Gasteiger partial charge in [-0.15, -0.1) is 0 Å². The highest BCUT2D eigenvalue weighted by Crippen LogP contribution is 1.96. The Labute approximate surface area is 78.2 Å².